The second-order valence-electron chi connectivity index (χ2n) is 6.73. The molecule has 0 bridgehead atoms. The molecule has 2 aromatic rings. The third kappa shape index (κ3) is 4.15. The molecular weight excluding hydrogens is 320 g/mol. The molecule has 7 nitrogen and oxygen atoms in total. The Kier molecular flexibility index (Phi) is 5.31. The summed E-state index contributed by atoms with van der Waals surface area (Å²) in [6.45, 7) is 5.57. The zero-order chi connectivity index (χ0) is 17.8. The first-order chi connectivity index (χ1) is 12.1. The third-order valence-corrected chi connectivity index (χ3v) is 4.56. The summed E-state index contributed by atoms with van der Waals surface area (Å²) < 4.78 is 10.4. The molecule has 0 unspecified atom stereocenters. The molecule has 1 fully saturated rings. The molecule has 0 aliphatic carbocycles. The lowest BCUT2D eigenvalue weighted by atomic mass is 9.93. The Morgan fingerprint density at radius 3 is 2.68 bits per heavy atom. The van der Waals surface area contributed by atoms with Crippen LogP contribution in [0.5, 0.6) is 5.88 Å². The van der Waals surface area contributed by atoms with E-state index in [0.29, 0.717) is 23.3 Å². The van der Waals surface area contributed by atoms with Crippen molar-refractivity contribution < 1.29 is 14.1 Å². The van der Waals surface area contributed by atoms with Gasteiger partial charge in [0.2, 0.25) is 11.8 Å². The number of carbonyl (C=O) groups is 1. The Morgan fingerprint density at radius 1 is 1.36 bits per heavy atom. The summed E-state index contributed by atoms with van der Waals surface area (Å²) in [6, 6.07) is 3.47. The topological polar surface area (TPSA) is 81.4 Å². The Labute approximate surface area is 147 Å². The number of amides is 1. The minimum absolute atomic E-state index is 0.0217. The average Bonchev–Trinajstić information content (AvgIpc) is 3.11. The fourth-order valence-corrected chi connectivity index (χ4v) is 2.98. The lowest BCUT2D eigenvalue weighted by Crippen LogP contribution is -2.39. The number of likely N-dealkylation sites (tertiary alicyclic amines) is 1. The van der Waals surface area contributed by atoms with Crippen LogP contribution in [0, 0.1) is 5.92 Å². The molecule has 0 radical (unpaired) electrons. The Balaban J connectivity index is 1.52. The maximum atomic E-state index is 12.5. The predicted octanol–water partition coefficient (Wildman–Crippen LogP) is 2.69. The van der Waals surface area contributed by atoms with Gasteiger partial charge >= 0.3 is 0 Å². The zero-order valence-corrected chi connectivity index (χ0v) is 14.9. The number of hydrogen-bond acceptors (Lipinski definition) is 6. The molecule has 2 aromatic heterocycles. The van der Waals surface area contributed by atoms with Crippen molar-refractivity contribution in [2.75, 3.05) is 20.2 Å². The fraction of sp³-hybridized carbons (Fsp3) is 0.556. The highest BCUT2D eigenvalue weighted by molar-refractivity contribution is 5.94. The summed E-state index contributed by atoms with van der Waals surface area (Å²) in [5, 5.41) is 4.01. The van der Waals surface area contributed by atoms with E-state index in [2.05, 4.69) is 15.1 Å². The number of pyridine rings is 1. The Bertz CT molecular complexity index is 703. The molecule has 134 valence electrons. The summed E-state index contributed by atoms with van der Waals surface area (Å²) in [5.41, 5.74) is 0.595. The van der Waals surface area contributed by atoms with Crippen LogP contribution in [-0.4, -0.2) is 46.1 Å². The normalized spacial score (nSPS) is 15.6. The van der Waals surface area contributed by atoms with Gasteiger partial charge in [-0.3, -0.25) is 4.79 Å². The van der Waals surface area contributed by atoms with E-state index in [-0.39, 0.29) is 11.8 Å². The van der Waals surface area contributed by atoms with Crippen LogP contribution >= 0.6 is 0 Å². The number of piperidine rings is 1. The summed E-state index contributed by atoms with van der Waals surface area (Å²) >= 11 is 0. The number of aromatic nitrogens is 3. The van der Waals surface area contributed by atoms with Crippen molar-refractivity contribution in [1.82, 2.24) is 20.0 Å². The van der Waals surface area contributed by atoms with Crippen LogP contribution in [0.15, 0.2) is 22.9 Å². The molecule has 0 saturated carbocycles. The molecule has 3 heterocycles. The first-order valence-corrected chi connectivity index (χ1v) is 8.68. The largest absolute Gasteiger partial charge is 0.481 e. The van der Waals surface area contributed by atoms with E-state index < -0.39 is 0 Å². The van der Waals surface area contributed by atoms with E-state index in [1.807, 2.05) is 18.7 Å². The Morgan fingerprint density at radius 2 is 2.12 bits per heavy atom. The quantitative estimate of drug-likeness (QED) is 0.829. The lowest BCUT2D eigenvalue weighted by Gasteiger charge is -2.31. The highest BCUT2D eigenvalue weighted by Gasteiger charge is 2.25. The van der Waals surface area contributed by atoms with Gasteiger partial charge < -0.3 is 14.2 Å². The van der Waals surface area contributed by atoms with Crippen molar-refractivity contribution in [3.8, 4) is 5.88 Å². The number of hydrogen-bond donors (Lipinski definition) is 0. The van der Waals surface area contributed by atoms with Crippen LogP contribution < -0.4 is 4.74 Å². The first-order valence-electron chi connectivity index (χ1n) is 8.68. The van der Waals surface area contributed by atoms with Gasteiger partial charge in [0.15, 0.2) is 5.82 Å². The van der Waals surface area contributed by atoms with E-state index in [0.717, 1.165) is 38.2 Å². The fourth-order valence-electron chi connectivity index (χ4n) is 2.98. The maximum Gasteiger partial charge on any atom is 0.255 e. The van der Waals surface area contributed by atoms with Gasteiger partial charge in [0, 0.05) is 37.7 Å². The number of carbonyl (C=O) groups excluding carboxylic acids is 1. The van der Waals surface area contributed by atoms with Crippen molar-refractivity contribution >= 4 is 5.91 Å². The van der Waals surface area contributed by atoms with Crippen molar-refractivity contribution in [2.45, 2.75) is 39.0 Å². The van der Waals surface area contributed by atoms with Crippen LogP contribution in [0.2, 0.25) is 0 Å². The molecule has 0 N–H and O–H groups in total. The SMILES string of the molecule is COc1ccc(C(=O)N2CCC(Cc3nc(C(C)C)no3)CC2)cn1. The van der Waals surface area contributed by atoms with Crippen LogP contribution in [0.3, 0.4) is 0 Å². The summed E-state index contributed by atoms with van der Waals surface area (Å²) in [4.78, 5) is 23.0. The minimum Gasteiger partial charge on any atom is -0.481 e. The molecule has 0 aromatic carbocycles. The van der Waals surface area contributed by atoms with Crippen molar-refractivity contribution in [1.29, 1.82) is 0 Å². The third-order valence-electron chi connectivity index (χ3n) is 4.56. The molecule has 7 heteroatoms. The van der Waals surface area contributed by atoms with Gasteiger partial charge in [-0.2, -0.15) is 4.98 Å². The van der Waals surface area contributed by atoms with Gasteiger partial charge in [-0.15, -0.1) is 0 Å². The second kappa shape index (κ2) is 7.63. The maximum absolute atomic E-state index is 12.5. The van der Waals surface area contributed by atoms with Gasteiger partial charge in [0.1, 0.15) is 0 Å². The van der Waals surface area contributed by atoms with E-state index in [9.17, 15) is 4.79 Å². The average molecular weight is 344 g/mol. The first kappa shape index (κ1) is 17.4. The van der Waals surface area contributed by atoms with E-state index >= 15 is 0 Å². The van der Waals surface area contributed by atoms with Crippen LogP contribution in [0.4, 0.5) is 0 Å². The van der Waals surface area contributed by atoms with Gasteiger partial charge in [-0.25, -0.2) is 4.98 Å². The Hall–Kier alpha value is -2.44. The molecule has 1 aliphatic heterocycles. The van der Waals surface area contributed by atoms with Crippen LogP contribution in [0.1, 0.15) is 54.7 Å². The summed E-state index contributed by atoms with van der Waals surface area (Å²) in [5.74, 6) is 2.74. The van der Waals surface area contributed by atoms with Gasteiger partial charge in [0.05, 0.1) is 12.7 Å². The van der Waals surface area contributed by atoms with Crippen molar-refractivity contribution in [3.63, 3.8) is 0 Å². The van der Waals surface area contributed by atoms with Crippen LogP contribution in [-0.2, 0) is 6.42 Å². The molecule has 3 rings (SSSR count). The monoisotopic (exact) mass is 344 g/mol. The number of methoxy groups -OCH3 is 1. The summed E-state index contributed by atoms with van der Waals surface area (Å²) in [6.07, 6.45) is 4.23. The second-order valence-corrected chi connectivity index (χ2v) is 6.73. The van der Waals surface area contributed by atoms with Crippen molar-refractivity contribution in [2.24, 2.45) is 5.92 Å². The molecule has 0 atom stereocenters. The minimum atomic E-state index is 0.0217. The molecule has 25 heavy (non-hydrogen) atoms. The van der Waals surface area contributed by atoms with E-state index in [1.165, 1.54) is 0 Å². The smallest absolute Gasteiger partial charge is 0.255 e. The zero-order valence-electron chi connectivity index (χ0n) is 14.9. The highest BCUT2D eigenvalue weighted by Crippen LogP contribution is 2.23. The number of rotatable bonds is 5. The summed E-state index contributed by atoms with van der Waals surface area (Å²) in [7, 11) is 1.56. The molecule has 1 amide bonds. The lowest BCUT2D eigenvalue weighted by molar-refractivity contribution is 0.0687. The number of nitrogens with zero attached hydrogens (tertiary/aromatic N) is 4. The molecular formula is C18H24N4O3. The molecule has 1 saturated heterocycles. The van der Waals surface area contributed by atoms with E-state index in [4.69, 9.17) is 9.26 Å². The van der Waals surface area contributed by atoms with Crippen LogP contribution in [0.25, 0.3) is 0 Å². The van der Waals surface area contributed by atoms with Gasteiger partial charge in [-0.1, -0.05) is 19.0 Å². The van der Waals surface area contributed by atoms with E-state index in [1.54, 1.807) is 25.4 Å². The van der Waals surface area contributed by atoms with Crippen molar-refractivity contribution in [3.05, 3.63) is 35.6 Å². The molecule has 1 aliphatic rings. The molecule has 0 spiro atoms. The van der Waals surface area contributed by atoms with Gasteiger partial charge in [0.25, 0.3) is 5.91 Å². The standard InChI is InChI=1S/C18H24N4O3/c1-12(2)17-20-16(25-21-17)10-13-6-8-22(9-7-13)18(23)14-4-5-15(24-3)19-11-14/h4-5,11-13H,6-10H2,1-3H3. The predicted molar refractivity (Wildman–Crippen MR) is 91.5 cm³/mol. The number of ether oxygens (including phenoxy) is 1. The van der Waals surface area contributed by atoms with Gasteiger partial charge in [-0.05, 0) is 24.8 Å². The highest BCUT2D eigenvalue weighted by atomic mass is 16.5.